The van der Waals surface area contributed by atoms with E-state index in [0.717, 1.165) is 0 Å². The van der Waals surface area contributed by atoms with E-state index in [0.29, 0.717) is 30.5 Å². The minimum atomic E-state index is -0.176. The van der Waals surface area contributed by atoms with E-state index in [2.05, 4.69) is 4.98 Å². The highest BCUT2D eigenvalue weighted by Gasteiger charge is 2.30. The number of pyridine rings is 1. The topological polar surface area (TPSA) is 50.3 Å². The summed E-state index contributed by atoms with van der Waals surface area (Å²) in [5.74, 6) is -0.0516. The molecule has 1 aromatic rings. The summed E-state index contributed by atoms with van der Waals surface area (Å²) in [4.78, 5) is 27.7. The summed E-state index contributed by atoms with van der Waals surface area (Å²) < 4.78 is 0. The fourth-order valence-electron chi connectivity index (χ4n) is 1.63. The smallest absolute Gasteiger partial charge is 0.228 e. The van der Waals surface area contributed by atoms with Crippen molar-refractivity contribution in [3.05, 3.63) is 24.0 Å². The first-order chi connectivity index (χ1) is 7.22. The molecule has 1 unspecified atom stereocenters. The maximum absolute atomic E-state index is 11.6. The highest BCUT2D eigenvalue weighted by atomic mass is 35.5. The van der Waals surface area contributed by atoms with Gasteiger partial charge in [0.15, 0.2) is 6.29 Å². The Morgan fingerprint density at radius 1 is 1.60 bits per heavy atom. The van der Waals surface area contributed by atoms with Crippen LogP contribution >= 0.6 is 11.6 Å². The molecule has 0 aliphatic carbocycles. The zero-order chi connectivity index (χ0) is 10.8. The molecule has 1 amide bonds. The van der Waals surface area contributed by atoms with Crippen LogP contribution in [0.1, 0.15) is 16.8 Å². The van der Waals surface area contributed by atoms with Gasteiger partial charge in [0, 0.05) is 25.4 Å². The van der Waals surface area contributed by atoms with Crippen molar-refractivity contribution in [1.82, 2.24) is 4.98 Å². The number of aromatic nitrogens is 1. The molecule has 1 fully saturated rings. The summed E-state index contributed by atoms with van der Waals surface area (Å²) in [6.45, 7) is 0.450. The fraction of sp³-hybridized carbons (Fsp3) is 0.300. The average Bonchev–Trinajstić information content (AvgIpc) is 2.57. The van der Waals surface area contributed by atoms with Gasteiger partial charge in [-0.15, -0.1) is 11.6 Å². The van der Waals surface area contributed by atoms with Crippen molar-refractivity contribution >= 4 is 29.5 Å². The lowest BCUT2D eigenvalue weighted by Gasteiger charge is -2.16. The Labute approximate surface area is 91.9 Å². The van der Waals surface area contributed by atoms with Gasteiger partial charge in [0.1, 0.15) is 0 Å². The Morgan fingerprint density at radius 3 is 3.00 bits per heavy atom. The highest BCUT2D eigenvalue weighted by molar-refractivity contribution is 6.24. The van der Waals surface area contributed by atoms with Crippen molar-refractivity contribution in [3.63, 3.8) is 0 Å². The number of hydrogen-bond acceptors (Lipinski definition) is 3. The van der Waals surface area contributed by atoms with Crippen molar-refractivity contribution in [3.8, 4) is 0 Å². The molecule has 2 heterocycles. The van der Waals surface area contributed by atoms with Gasteiger partial charge in [-0.25, -0.2) is 0 Å². The number of anilines is 1. The summed E-state index contributed by atoms with van der Waals surface area (Å²) in [6.07, 6.45) is 4.01. The van der Waals surface area contributed by atoms with E-state index in [1.54, 1.807) is 12.3 Å². The Morgan fingerprint density at radius 2 is 2.40 bits per heavy atom. The van der Waals surface area contributed by atoms with Crippen molar-refractivity contribution in [2.45, 2.75) is 11.8 Å². The molecule has 2 rings (SSSR count). The van der Waals surface area contributed by atoms with Gasteiger partial charge in [-0.3, -0.25) is 14.6 Å². The number of nitrogens with zero attached hydrogens (tertiary/aromatic N) is 2. The van der Waals surface area contributed by atoms with E-state index in [1.165, 1.54) is 11.1 Å². The van der Waals surface area contributed by atoms with Gasteiger partial charge in [0.2, 0.25) is 5.91 Å². The summed E-state index contributed by atoms with van der Waals surface area (Å²) in [5.41, 5.74) is 1.00. The number of carbonyl (C=O) groups is 2. The van der Waals surface area contributed by atoms with Crippen molar-refractivity contribution in [2.75, 3.05) is 11.4 Å². The summed E-state index contributed by atoms with van der Waals surface area (Å²) in [5, 5.41) is -0.176. The number of rotatable bonds is 2. The monoisotopic (exact) mass is 224 g/mol. The Balaban J connectivity index is 2.37. The van der Waals surface area contributed by atoms with Crippen LogP contribution in [-0.2, 0) is 4.79 Å². The molecule has 5 heteroatoms. The third-order valence-corrected chi connectivity index (χ3v) is 2.62. The van der Waals surface area contributed by atoms with Gasteiger partial charge in [0.25, 0.3) is 0 Å². The van der Waals surface area contributed by atoms with E-state index in [9.17, 15) is 9.59 Å². The lowest BCUT2D eigenvalue weighted by Crippen LogP contribution is -2.25. The second-order valence-corrected chi connectivity index (χ2v) is 3.98. The summed E-state index contributed by atoms with van der Waals surface area (Å²) in [6, 6.07) is 1.65. The van der Waals surface area contributed by atoms with E-state index in [1.807, 2.05) is 0 Å². The lowest BCUT2D eigenvalue weighted by molar-refractivity contribution is -0.117. The van der Waals surface area contributed by atoms with Crippen LogP contribution in [0.15, 0.2) is 18.5 Å². The first-order valence-corrected chi connectivity index (χ1v) is 4.99. The van der Waals surface area contributed by atoms with E-state index >= 15 is 0 Å². The lowest BCUT2D eigenvalue weighted by atomic mass is 10.2. The largest absolute Gasteiger partial charge is 0.310 e. The van der Waals surface area contributed by atoms with E-state index < -0.39 is 0 Å². The average molecular weight is 225 g/mol. The van der Waals surface area contributed by atoms with Crippen LogP contribution in [0.25, 0.3) is 0 Å². The van der Waals surface area contributed by atoms with Crippen LogP contribution in [0.4, 0.5) is 5.69 Å². The molecule has 15 heavy (non-hydrogen) atoms. The third kappa shape index (κ3) is 1.85. The minimum absolute atomic E-state index is 0.0516. The van der Waals surface area contributed by atoms with Crippen LogP contribution in [0.2, 0.25) is 0 Å². The molecule has 4 nitrogen and oxygen atoms in total. The number of carbonyl (C=O) groups excluding carboxylic acids is 2. The van der Waals surface area contributed by atoms with Crippen LogP contribution in [-0.4, -0.2) is 29.1 Å². The molecule has 0 saturated carbocycles. The zero-order valence-electron chi connectivity index (χ0n) is 7.89. The Kier molecular flexibility index (Phi) is 2.68. The molecular formula is C10H9ClN2O2. The quantitative estimate of drug-likeness (QED) is 0.561. The maximum atomic E-state index is 11.6. The molecule has 1 atom stereocenters. The molecule has 0 aromatic carbocycles. The Hall–Kier alpha value is -1.42. The molecule has 78 valence electrons. The van der Waals surface area contributed by atoms with E-state index in [-0.39, 0.29) is 11.3 Å². The SMILES string of the molecule is O=Cc1cnccc1N1CC(Cl)CC1=O. The molecule has 0 bridgehead atoms. The molecule has 0 radical (unpaired) electrons. The van der Waals surface area contributed by atoms with Crippen LogP contribution < -0.4 is 4.90 Å². The predicted octanol–water partition coefficient (Wildman–Crippen LogP) is 1.24. The highest BCUT2D eigenvalue weighted by Crippen LogP contribution is 2.25. The molecule has 1 aliphatic heterocycles. The Bertz CT molecular complexity index is 408. The van der Waals surface area contributed by atoms with Crippen molar-refractivity contribution in [2.24, 2.45) is 0 Å². The van der Waals surface area contributed by atoms with Gasteiger partial charge in [-0.1, -0.05) is 0 Å². The number of alkyl halides is 1. The molecule has 1 aromatic heterocycles. The standard InChI is InChI=1S/C10H9ClN2O2/c11-8-3-10(15)13(5-8)9-1-2-12-4-7(9)6-14/h1-2,4,6,8H,3,5H2. The minimum Gasteiger partial charge on any atom is -0.310 e. The van der Waals surface area contributed by atoms with Crippen LogP contribution in [0.5, 0.6) is 0 Å². The maximum Gasteiger partial charge on any atom is 0.228 e. The number of amides is 1. The number of halogens is 1. The zero-order valence-corrected chi connectivity index (χ0v) is 8.65. The molecule has 1 saturated heterocycles. The second kappa shape index (κ2) is 3.98. The third-order valence-electron chi connectivity index (χ3n) is 2.32. The predicted molar refractivity (Wildman–Crippen MR) is 56.2 cm³/mol. The number of aldehydes is 1. The van der Waals surface area contributed by atoms with Gasteiger partial charge in [0.05, 0.1) is 16.6 Å². The molecule has 0 spiro atoms. The second-order valence-electron chi connectivity index (χ2n) is 3.36. The van der Waals surface area contributed by atoms with Crippen molar-refractivity contribution < 1.29 is 9.59 Å². The summed E-state index contributed by atoms with van der Waals surface area (Å²) >= 11 is 5.88. The van der Waals surface area contributed by atoms with Gasteiger partial charge >= 0.3 is 0 Å². The molecule has 0 N–H and O–H groups in total. The van der Waals surface area contributed by atoms with E-state index in [4.69, 9.17) is 11.6 Å². The van der Waals surface area contributed by atoms with Gasteiger partial charge in [-0.2, -0.15) is 0 Å². The normalized spacial score (nSPS) is 20.7. The molecular weight excluding hydrogens is 216 g/mol. The van der Waals surface area contributed by atoms with Gasteiger partial charge in [-0.05, 0) is 6.07 Å². The fourth-order valence-corrected chi connectivity index (χ4v) is 1.90. The first-order valence-electron chi connectivity index (χ1n) is 4.56. The molecule has 1 aliphatic rings. The number of hydrogen-bond donors (Lipinski definition) is 0. The van der Waals surface area contributed by atoms with Crippen LogP contribution in [0, 0.1) is 0 Å². The van der Waals surface area contributed by atoms with Crippen LogP contribution in [0.3, 0.4) is 0 Å². The first kappa shape index (κ1) is 10.1. The van der Waals surface area contributed by atoms with Gasteiger partial charge < -0.3 is 4.90 Å². The van der Waals surface area contributed by atoms with Crippen molar-refractivity contribution in [1.29, 1.82) is 0 Å². The summed E-state index contributed by atoms with van der Waals surface area (Å²) in [7, 11) is 0.